The summed E-state index contributed by atoms with van der Waals surface area (Å²) in [4.78, 5) is 0. The van der Waals surface area contributed by atoms with Gasteiger partial charge in [-0.25, -0.2) is 4.39 Å². The molecule has 1 aromatic carbocycles. The quantitative estimate of drug-likeness (QED) is 0.526. The van der Waals surface area contributed by atoms with Gasteiger partial charge in [-0.2, -0.15) is 0 Å². The van der Waals surface area contributed by atoms with Crippen molar-refractivity contribution in [3.05, 3.63) is 33.0 Å². The molecule has 74 valence electrons. The van der Waals surface area contributed by atoms with Gasteiger partial charge in [-0.05, 0) is 28.1 Å². The fraction of sp³-hybridized carbons (Fsp3) is 0.200. The lowest BCUT2D eigenvalue weighted by Gasteiger charge is -1.99. The molecule has 14 heavy (non-hydrogen) atoms. The summed E-state index contributed by atoms with van der Waals surface area (Å²) in [5.74, 6) is 5.19. The minimum absolute atomic E-state index is 0.357. The molecule has 0 saturated carbocycles. The Kier molecular flexibility index (Phi) is 4.94. The standard InChI is InChI=1S/C10H6Br2ClF/c11-4-2-1-3-8-9(12)5-7(13)6-10(8)14/h5-6H,2,4H2. The summed E-state index contributed by atoms with van der Waals surface area (Å²) in [6.45, 7) is 0. The van der Waals surface area contributed by atoms with E-state index in [1.807, 2.05) is 0 Å². The van der Waals surface area contributed by atoms with Gasteiger partial charge in [0.2, 0.25) is 0 Å². The smallest absolute Gasteiger partial charge is 0.141 e. The van der Waals surface area contributed by atoms with Gasteiger partial charge in [-0.1, -0.05) is 39.4 Å². The van der Waals surface area contributed by atoms with Crippen LogP contribution < -0.4 is 0 Å². The maximum atomic E-state index is 13.3. The molecule has 0 nitrogen and oxygen atoms in total. The number of hydrogen-bond acceptors (Lipinski definition) is 0. The zero-order chi connectivity index (χ0) is 10.6. The van der Waals surface area contributed by atoms with Crippen LogP contribution in [0.1, 0.15) is 12.0 Å². The maximum Gasteiger partial charge on any atom is 0.141 e. The molecule has 0 aliphatic carbocycles. The van der Waals surface area contributed by atoms with Crippen LogP contribution in [0.5, 0.6) is 0 Å². The molecule has 0 atom stereocenters. The van der Waals surface area contributed by atoms with Crippen molar-refractivity contribution < 1.29 is 4.39 Å². The van der Waals surface area contributed by atoms with Crippen molar-refractivity contribution in [2.45, 2.75) is 6.42 Å². The molecule has 1 rings (SSSR count). The van der Waals surface area contributed by atoms with Crippen LogP contribution in [0.4, 0.5) is 4.39 Å². The molecule has 0 radical (unpaired) electrons. The first-order valence-corrected chi connectivity index (χ1v) is 6.13. The Hall–Kier alpha value is -0.0400. The fourth-order valence-electron chi connectivity index (χ4n) is 0.860. The summed E-state index contributed by atoms with van der Waals surface area (Å²) in [5, 5.41) is 1.15. The third-order valence-corrected chi connectivity index (χ3v) is 2.68. The molecule has 0 heterocycles. The molecule has 0 aliphatic heterocycles. The first kappa shape index (κ1) is 12.0. The van der Waals surface area contributed by atoms with Crippen LogP contribution >= 0.6 is 43.5 Å². The normalized spacial score (nSPS) is 9.43. The Morgan fingerprint density at radius 3 is 2.71 bits per heavy atom. The van der Waals surface area contributed by atoms with E-state index in [4.69, 9.17) is 11.6 Å². The van der Waals surface area contributed by atoms with Crippen LogP contribution in [0, 0.1) is 17.7 Å². The van der Waals surface area contributed by atoms with E-state index in [-0.39, 0.29) is 0 Å². The molecule has 0 aliphatic rings. The molecule has 0 spiro atoms. The van der Waals surface area contributed by atoms with Crippen LogP contribution in [0.2, 0.25) is 5.02 Å². The number of halogens is 4. The number of alkyl halides is 1. The van der Waals surface area contributed by atoms with Crippen molar-refractivity contribution in [1.29, 1.82) is 0 Å². The molecule has 1 aromatic rings. The van der Waals surface area contributed by atoms with Crippen LogP contribution in [0.15, 0.2) is 16.6 Å². The third-order valence-electron chi connectivity index (χ3n) is 1.44. The highest BCUT2D eigenvalue weighted by molar-refractivity contribution is 9.10. The zero-order valence-electron chi connectivity index (χ0n) is 7.08. The molecule has 0 saturated heterocycles. The van der Waals surface area contributed by atoms with Gasteiger partial charge >= 0.3 is 0 Å². The monoisotopic (exact) mass is 338 g/mol. The van der Waals surface area contributed by atoms with Crippen molar-refractivity contribution in [1.82, 2.24) is 0 Å². The second kappa shape index (κ2) is 5.75. The second-order valence-corrected chi connectivity index (χ2v) is 4.57. The predicted molar refractivity (Wildman–Crippen MR) is 64.4 cm³/mol. The van der Waals surface area contributed by atoms with Crippen molar-refractivity contribution in [2.24, 2.45) is 0 Å². The van der Waals surface area contributed by atoms with Crippen LogP contribution in [-0.4, -0.2) is 5.33 Å². The molecule has 0 unspecified atom stereocenters. The van der Waals surface area contributed by atoms with Crippen molar-refractivity contribution >= 4 is 43.5 Å². The highest BCUT2D eigenvalue weighted by Crippen LogP contribution is 2.23. The van der Waals surface area contributed by atoms with E-state index in [1.54, 1.807) is 6.07 Å². The molecule has 0 fully saturated rings. The Morgan fingerprint density at radius 2 is 2.14 bits per heavy atom. The number of hydrogen-bond donors (Lipinski definition) is 0. The zero-order valence-corrected chi connectivity index (χ0v) is 11.0. The Bertz CT molecular complexity index is 370. The lowest BCUT2D eigenvalue weighted by atomic mass is 10.2. The SMILES string of the molecule is Fc1cc(Cl)cc(Br)c1C#CCCBr. The van der Waals surface area contributed by atoms with Crippen molar-refractivity contribution in [3.63, 3.8) is 0 Å². The molecular weight excluding hydrogens is 334 g/mol. The minimum atomic E-state index is -0.397. The van der Waals surface area contributed by atoms with E-state index in [0.29, 0.717) is 21.5 Å². The van der Waals surface area contributed by atoms with Crippen molar-refractivity contribution in [2.75, 3.05) is 5.33 Å². The Balaban J connectivity index is 3.04. The summed E-state index contributed by atoms with van der Waals surface area (Å²) >= 11 is 12.1. The van der Waals surface area contributed by atoms with Crippen molar-refractivity contribution in [3.8, 4) is 11.8 Å². The van der Waals surface area contributed by atoms with E-state index >= 15 is 0 Å². The minimum Gasteiger partial charge on any atom is -0.206 e. The summed E-state index contributed by atoms with van der Waals surface area (Å²) in [6, 6.07) is 2.88. The molecule has 0 N–H and O–H groups in total. The van der Waals surface area contributed by atoms with E-state index in [9.17, 15) is 4.39 Å². The van der Waals surface area contributed by atoms with Crippen LogP contribution in [0.3, 0.4) is 0 Å². The lowest BCUT2D eigenvalue weighted by Crippen LogP contribution is -1.85. The summed E-state index contributed by atoms with van der Waals surface area (Å²) in [7, 11) is 0. The molecular formula is C10H6Br2ClF. The summed E-state index contributed by atoms with van der Waals surface area (Å²) in [5.41, 5.74) is 0.357. The topological polar surface area (TPSA) is 0 Å². The molecule has 4 heteroatoms. The number of benzene rings is 1. The van der Waals surface area contributed by atoms with E-state index in [0.717, 1.165) is 5.33 Å². The molecule has 0 amide bonds. The van der Waals surface area contributed by atoms with Gasteiger partial charge in [0.05, 0.1) is 5.56 Å². The largest absolute Gasteiger partial charge is 0.206 e. The fourth-order valence-corrected chi connectivity index (χ4v) is 1.93. The van der Waals surface area contributed by atoms with E-state index in [2.05, 4.69) is 43.7 Å². The highest BCUT2D eigenvalue weighted by Gasteiger charge is 2.05. The van der Waals surface area contributed by atoms with Gasteiger partial charge < -0.3 is 0 Å². The Labute approximate surface area is 104 Å². The predicted octanol–water partition coefficient (Wildman–Crippen LogP) is 4.38. The lowest BCUT2D eigenvalue weighted by molar-refractivity contribution is 0.623. The van der Waals surface area contributed by atoms with Crippen LogP contribution in [0.25, 0.3) is 0 Å². The summed E-state index contributed by atoms with van der Waals surface area (Å²) in [6.07, 6.45) is 0.689. The maximum absolute atomic E-state index is 13.3. The number of rotatable bonds is 1. The van der Waals surface area contributed by atoms with Crippen LogP contribution in [-0.2, 0) is 0 Å². The van der Waals surface area contributed by atoms with Gasteiger partial charge in [0.15, 0.2) is 0 Å². The van der Waals surface area contributed by atoms with Gasteiger partial charge in [-0.3, -0.25) is 0 Å². The van der Waals surface area contributed by atoms with E-state index < -0.39 is 5.82 Å². The van der Waals surface area contributed by atoms with Gasteiger partial charge in [0, 0.05) is 21.2 Å². The van der Waals surface area contributed by atoms with E-state index in [1.165, 1.54) is 6.07 Å². The summed E-state index contributed by atoms with van der Waals surface area (Å²) < 4.78 is 13.9. The van der Waals surface area contributed by atoms with Gasteiger partial charge in [0.25, 0.3) is 0 Å². The van der Waals surface area contributed by atoms with Gasteiger partial charge in [-0.15, -0.1) is 0 Å². The first-order valence-electron chi connectivity index (χ1n) is 3.84. The molecule has 0 aromatic heterocycles. The average Bonchev–Trinajstić information content (AvgIpc) is 2.09. The Morgan fingerprint density at radius 1 is 1.43 bits per heavy atom. The highest BCUT2D eigenvalue weighted by atomic mass is 79.9. The third kappa shape index (κ3) is 3.27. The first-order chi connectivity index (χ1) is 6.65. The molecule has 0 bridgehead atoms. The second-order valence-electron chi connectivity index (χ2n) is 2.49. The van der Waals surface area contributed by atoms with Gasteiger partial charge in [0.1, 0.15) is 5.82 Å². The average molecular weight is 340 g/mol.